The zero-order valence-electron chi connectivity index (χ0n) is 11.7. The second kappa shape index (κ2) is 4.77. The Morgan fingerprint density at radius 1 is 0.889 bits per heavy atom. The van der Waals surface area contributed by atoms with Crippen LogP contribution in [0.2, 0.25) is 0 Å². The first kappa shape index (κ1) is 12.9. The molecule has 0 bridgehead atoms. The fourth-order valence-electron chi connectivity index (χ4n) is 4.46. The summed E-state index contributed by atoms with van der Waals surface area (Å²) in [5.41, 5.74) is 0. The van der Waals surface area contributed by atoms with Crippen LogP contribution in [0.1, 0.15) is 46.5 Å². The zero-order chi connectivity index (χ0) is 12.9. The van der Waals surface area contributed by atoms with Crippen LogP contribution in [0.25, 0.3) is 0 Å². The summed E-state index contributed by atoms with van der Waals surface area (Å²) in [6, 6.07) is 0. The molecule has 0 aromatic rings. The summed E-state index contributed by atoms with van der Waals surface area (Å²) in [5.74, 6) is 2.81. The van der Waals surface area contributed by atoms with Gasteiger partial charge < -0.3 is 14.6 Å². The molecule has 1 unspecified atom stereocenters. The van der Waals surface area contributed by atoms with Crippen molar-refractivity contribution in [1.82, 2.24) is 0 Å². The van der Waals surface area contributed by atoms with E-state index in [0.717, 1.165) is 12.3 Å². The molecule has 0 aromatic carbocycles. The third kappa shape index (κ3) is 2.00. The van der Waals surface area contributed by atoms with E-state index in [2.05, 4.69) is 20.8 Å². The summed E-state index contributed by atoms with van der Waals surface area (Å²) in [6.07, 6.45) is 4.34. The fourth-order valence-corrected chi connectivity index (χ4v) is 4.46. The minimum absolute atomic E-state index is 0.175. The highest BCUT2D eigenvalue weighted by atomic mass is 16.7. The Labute approximate surface area is 110 Å². The van der Waals surface area contributed by atoms with Crippen molar-refractivity contribution in [2.75, 3.05) is 0 Å². The molecular formula is C15H26O3. The maximum absolute atomic E-state index is 10.1. The molecule has 2 heterocycles. The molecule has 3 aliphatic rings. The molecule has 0 radical (unpaired) electrons. The number of aliphatic hydroxyl groups excluding tert-OH is 1. The van der Waals surface area contributed by atoms with Crippen molar-refractivity contribution in [3.63, 3.8) is 0 Å². The lowest BCUT2D eigenvalue weighted by molar-refractivity contribution is -0.322. The highest BCUT2D eigenvalue weighted by Crippen LogP contribution is 2.51. The predicted octanol–water partition coefficient (Wildman–Crippen LogP) is 2.77. The number of rotatable bonds is 0. The molecule has 3 nitrogen and oxygen atoms in total. The van der Waals surface area contributed by atoms with Gasteiger partial charge in [0, 0.05) is 11.8 Å². The van der Waals surface area contributed by atoms with Crippen molar-refractivity contribution >= 4 is 0 Å². The monoisotopic (exact) mass is 254 g/mol. The van der Waals surface area contributed by atoms with Crippen LogP contribution in [0.3, 0.4) is 0 Å². The number of aliphatic hydroxyl groups is 1. The molecule has 3 fully saturated rings. The van der Waals surface area contributed by atoms with E-state index in [9.17, 15) is 5.11 Å². The summed E-state index contributed by atoms with van der Waals surface area (Å²) in [5, 5.41) is 10.1. The summed E-state index contributed by atoms with van der Waals surface area (Å²) in [6.45, 7) is 6.64. The van der Waals surface area contributed by atoms with Crippen molar-refractivity contribution in [2.45, 2.75) is 65.1 Å². The minimum Gasteiger partial charge on any atom is -0.368 e. The van der Waals surface area contributed by atoms with Crippen molar-refractivity contribution in [3.8, 4) is 0 Å². The molecule has 0 amide bonds. The average molecular weight is 254 g/mol. The maximum Gasteiger partial charge on any atom is 0.164 e. The Hall–Kier alpha value is -0.120. The van der Waals surface area contributed by atoms with E-state index in [1.165, 1.54) is 19.3 Å². The van der Waals surface area contributed by atoms with Crippen molar-refractivity contribution < 1.29 is 14.6 Å². The normalized spacial score (nSPS) is 56.7. The van der Waals surface area contributed by atoms with Gasteiger partial charge in [0.15, 0.2) is 12.6 Å². The van der Waals surface area contributed by atoms with Gasteiger partial charge in [0.1, 0.15) is 0 Å². The van der Waals surface area contributed by atoms with Crippen LogP contribution in [0.4, 0.5) is 0 Å². The molecule has 8 atom stereocenters. The van der Waals surface area contributed by atoms with E-state index in [-0.39, 0.29) is 18.3 Å². The van der Waals surface area contributed by atoms with Gasteiger partial charge >= 0.3 is 0 Å². The smallest absolute Gasteiger partial charge is 0.164 e. The van der Waals surface area contributed by atoms with Gasteiger partial charge in [-0.15, -0.1) is 0 Å². The van der Waals surface area contributed by atoms with Crippen molar-refractivity contribution in [3.05, 3.63) is 0 Å². The van der Waals surface area contributed by atoms with Crippen LogP contribution in [0.15, 0.2) is 0 Å². The van der Waals surface area contributed by atoms with E-state index >= 15 is 0 Å². The summed E-state index contributed by atoms with van der Waals surface area (Å²) < 4.78 is 11.8. The first-order valence-electron chi connectivity index (χ1n) is 7.57. The Balaban J connectivity index is 1.90. The molecule has 104 valence electrons. The van der Waals surface area contributed by atoms with Crippen LogP contribution >= 0.6 is 0 Å². The van der Waals surface area contributed by atoms with E-state index in [1.54, 1.807) is 0 Å². The molecular weight excluding hydrogens is 228 g/mol. The quantitative estimate of drug-likeness (QED) is 0.722. The first-order chi connectivity index (χ1) is 8.58. The zero-order valence-corrected chi connectivity index (χ0v) is 11.7. The Morgan fingerprint density at radius 3 is 2.39 bits per heavy atom. The lowest BCUT2D eigenvalue weighted by atomic mass is 9.61. The Kier molecular flexibility index (Phi) is 3.41. The average Bonchev–Trinajstić information content (AvgIpc) is 2.49. The van der Waals surface area contributed by atoms with Gasteiger partial charge in [0.2, 0.25) is 0 Å². The van der Waals surface area contributed by atoms with Gasteiger partial charge in [-0.3, -0.25) is 0 Å². The van der Waals surface area contributed by atoms with E-state index in [1.807, 2.05) is 0 Å². The molecule has 3 rings (SSSR count). The third-order valence-electron chi connectivity index (χ3n) is 5.66. The van der Waals surface area contributed by atoms with E-state index in [4.69, 9.17) is 9.47 Å². The lowest BCUT2D eigenvalue weighted by Gasteiger charge is -2.51. The van der Waals surface area contributed by atoms with Crippen molar-refractivity contribution in [2.24, 2.45) is 29.6 Å². The van der Waals surface area contributed by atoms with Crippen LogP contribution in [-0.2, 0) is 9.47 Å². The molecule has 2 aliphatic heterocycles. The number of hydrogen-bond acceptors (Lipinski definition) is 3. The molecule has 1 saturated carbocycles. The number of ether oxygens (including phenoxy) is 2. The Bertz CT molecular complexity index is 304. The summed E-state index contributed by atoms with van der Waals surface area (Å²) >= 11 is 0. The number of hydrogen-bond donors (Lipinski definition) is 1. The second-order valence-corrected chi connectivity index (χ2v) is 6.74. The van der Waals surface area contributed by atoms with Gasteiger partial charge in [-0.1, -0.05) is 20.3 Å². The SMILES string of the molecule is C[C@@H]1[C@@H]2CC[C@@H](C)[C@@H]3CC[C@H](C)O[C@@H](O[C@@H]1O)C23. The summed E-state index contributed by atoms with van der Waals surface area (Å²) in [7, 11) is 0. The van der Waals surface area contributed by atoms with Crippen LogP contribution in [0, 0.1) is 29.6 Å². The standard InChI is InChI=1S/C15H26O3/c1-8-4-6-12-10(3)14(16)18-15-13(12)11(8)7-5-9(2)17-15/h8-16H,4-7H2,1-3H3/t8-,9+,10-,11+,12+,13?,14+,15+/m1/s1. The highest BCUT2D eigenvalue weighted by molar-refractivity contribution is 4.94. The molecule has 18 heavy (non-hydrogen) atoms. The van der Waals surface area contributed by atoms with E-state index in [0.29, 0.717) is 17.8 Å². The lowest BCUT2D eigenvalue weighted by Crippen LogP contribution is -2.53. The summed E-state index contributed by atoms with van der Waals surface area (Å²) in [4.78, 5) is 0. The van der Waals surface area contributed by atoms with Gasteiger partial charge in [0.25, 0.3) is 0 Å². The molecule has 2 saturated heterocycles. The molecule has 0 aromatic heterocycles. The van der Waals surface area contributed by atoms with E-state index < -0.39 is 6.29 Å². The molecule has 1 N–H and O–H groups in total. The van der Waals surface area contributed by atoms with Crippen LogP contribution in [-0.4, -0.2) is 23.8 Å². The second-order valence-electron chi connectivity index (χ2n) is 6.74. The predicted molar refractivity (Wildman–Crippen MR) is 68.7 cm³/mol. The van der Waals surface area contributed by atoms with Gasteiger partial charge in [0.05, 0.1) is 6.10 Å². The molecule has 3 heteroatoms. The molecule has 1 aliphatic carbocycles. The fraction of sp³-hybridized carbons (Fsp3) is 1.00. The highest BCUT2D eigenvalue weighted by Gasteiger charge is 2.51. The third-order valence-corrected chi connectivity index (χ3v) is 5.66. The largest absolute Gasteiger partial charge is 0.368 e. The van der Waals surface area contributed by atoms with Gasteiger partial charge in [-0.25, -0.2) is 0 Å². The van der Waals surface area contributed by atoms with Crippen LogP contribution in [0.5, 0.6) is 0 Å². The first-order valence-corrected chi connectivity index (χ1v) is 7.57. The van der Waals surface area contributed by atoms with Gasteiger partial charge in [-0.05, 0) is 43.9 Å². The topological polar surface area (TPSA) is 38.7 Å². The Morgan fingerprint density at radius 2 is 1.61 bits per heavy atom. The minimum atomic E-state index is -0.643. The maximum atomic E-state index is 10.1. The van der Waals surface area contributed by atoms with Gasteiger partial charge in [-0.2, -0.15) is 0 Å². The molecule has 0 spiro atoms. The van der Waals surface area contributed by atoms with Crippen LogP contribution < -0.4 is 0 Å². The van der Waals surface area contributed by atoms with Crippen molar-refractivity contribution in [1.29, 1.82) is 0 Å².